The minimum atomic E-state index is -0.862. The number of hydrogen-bond acceptors (Lipinski definition) is 5. The van der Waals surface area contributed by atoms with Crippen LogP contribution in [0.25, 0.3) is 0 Å². The highest BCUT2D eigenvalue weighted by molar-refractivity contribution is 5.80. The van der Waals surface area contributed by atoms with Crippen molar-refractivity contribution in [3.63, 3.8) is 0 Å². The van der Waals surface area contributed by atoms with Gasteiger partial charge >= 0.3 is 5.97 Å². The van der Waals surface area contributed by atoms with Gasteiger partial charge in [-0.2, -0.15) is 5.10 Å². The maximum Gasteiger partial charge on any atom is 0.317 e. The van der Waals surface area contributed by atoms with E-state index < -0.39 is 5.97 Å². The van der Waals surface area contributed by atoms with Gasteiger partial charge in [0.1, 0.15) is 18.7 Å². The molecule has 8 nitrogen and oxygen atoms in total. The molecule has 2 rings (SSSR count). The van der Waals surface area contributed by atoms with Crippen LogP contribution in [0.2, 0.25) is 0 Å². The van der Waals surface area contributed by atoms with Gasteiger partial charge < -0.3 is 15.3 Å². The highest BCUT2D eigenvalue weighted by Gasteiger charge is 2.27. The number of carboxylic acids is 1. The van der Waals surface area contributed by atoms with E-state index in [1.54, 1.807) is 11.0 Å². The fourth-order valence-corrected chi connectivity index (χ4v) is 2.61. The molecule has 1 aliphatic rings. The van der Waals surface area contributed by atoms with Crippen molar-refractivity contribution in [3.05, 3.63) is 12.7 Å². The number of amides is 1. The van der Waals surface area contributed by atoms with E-state index in [0.29, 0.717) is 19.0 Å². The van der Waals surface area contributed by atoms with Gasteiger partial charge in [-0.3, -0.25) is 9.59 Å². The molecule has 1 saturated heterocycles. The van der Waals surface area contributed by atoms with Crippen LogP contribution in [-0.2, 0) is 9.59 Å². The molecule has 0 radical (unpaired) electrons. The van der Waals surface area contributed by atoms with Crippen molar-refractivity contribution in [2.24, 2.45) is 5.92 Å². The second-order valence-electron chi connectivity index (χ2n) is 5.37. The van der Waals surface area contributed by atoms with Crippen molar-refractivity contribution in [2.45, 2.75) is 25.8 Å². The zero-order chi connectivity index (χ0) is 15.2. The Kier molecular flexibility index (Phi) is 5.26. The Morgan fingerprint density at radius 1 is 1.52 bits per heavy atom. The molecule has 1 fully saturated rings. The number of nitrogens with one attached hydrogen (secondary N) is 1. The van der Waals surface area contributed by atoms with Crippen LogP contribution in [0.3, 0.4) is 0 Å². The highest BCUT2D eigenvalue weighted by Crippen LogP contribution is 2.19. The number of likely N-dealkylation sites (tertiary alicyclic amines) is 1. The number of carbonyl (C=O) groups is 2. The molecule has 21 heavy (non-hydrogen) atoms. The third-order valence-corrected chi connectivity index (χ3v) is 3.73. The van der Waals surface area contributed by atoms with E-state index in [2.05, 4.69) is 15.4 Å². The predicted octanol–water partition coefficient (Wildman–Crippen LogP) is -0.248. The zero-order valence-corrected chi connectivity index (χ0v) is 12.1. The summed E-state index contributed by atoms with van der Waals surface area (Å²) in [7, 11) is 0. The summed E-state index contributed by atoms with van der Waals surface area (Å²) in [5.41, 5.74) is 0. The van der Waals surface area contributed by atoms with E-state index in [-0.39, 0.29) is 18.5 Å². The molecule has 0 aliphatic carbocycles. The minimum Gasteiger partial charge on any atom is -0.480 e. The molecule has 0 spiro atoms. The van der Waals surface area contributed by atoms with E-state index >= 15 is 0 Å². The first kappa shape index (κ1) is 15.4. The van der Waals surface area contributed by atoms with Crippen LogP contribution >= 0.6 is 0 Å². The average molecular weight is 295 g/mol. The Morgan fingerprint density at radius 2 is 2.33 bits per heavy atom. The SMILES string of the molecule is CC(C(=O)N1CCCC(CNCC(=O)O)C1)n1cncn1. The molecular weight excluding hydrogens is 274 g/mol. The summed E-state index contributed by atoms with van der Waals surface area (Å²) in [4.78, 5) is 28.6. The van der Waals surface area contributed by atoms with Gasteiger partial charge in [0.2, 0.25) is 5.91 Å². The molecule has 2 N–H and O–H groups in total. The van der Waals surface area contributed by atoms with Crippen LogP contribution < -0.4 is 5.32 Å². The van der Waals surface area contributed by atoms with E-state index in [1.165, 1.54) is 6.33 Å². The summed E-state index contributed by atoms with van der Waals surface area (Å²) in [6.07, 6.45) is 4.90. The topological polar surface area (TPSA) is 100 Å². The number of hydrogen-bond donors (Lipinski definition) is 2. The largest absolute Gasteiger partial charge is 0.480 e. The van der Waals surface area contributed by atoms with Gasteiger partial charge in [0.25, 0.3) is 0 Å². The van der Waals surface area contributed by atoms with Gasteiger partial charge in [-0.15, -0.1) is 0 Å². The van der Waals surface area contributed by atoms with Crippen LogP contribution in [0.5, 0.6) is 0 Å². The molecule has 0 bridgehead atoms. The number of carbonyl (C=O) groups excluding carboxylic acids is 1. The van der Waals surface area contributed by atoms with E-state index in [9.17, 15) is 9.59 Å². The molecular formula is C13H21N5O3. The Hall–Kier alpha value is -1.96. The maximum atomic E-state index is 12.4. The lowest BCUT2D eigenvalue weighted by atomic mass is 9.97. The van der Waals surface area contributed by atoms with Gasteiger partial charge in [0, 0.05) is 19.6 Å². The van der Waals surface area contributed by atoms with Gasteiger partial charge in [-0.1, -0.05) is 0 Å². The van der Waals surface area contributed by atoms with Crippen LogP contribution in [0.15, 0.2) is 12.7 Å². The molecule has 8 heteroatoms. The smallest absolute Gasteiger partial charge is 0.317 e. The number of nitrogens with zero attached hydrogens (tertiary/aromatic N) is 4. The van der Waals surface area contributed by atoms with E-state index in [1.807, 2.05) is 11.8 Å². The summed E-state index contributed by atoms with van der Waals surface area (Å²) in [6, 6.07) is -0.363. The fourth-order valence-electron chi connectivity index (χ4n) is 2.61. The Bertz CT molecular complexity index is 476. The minimum absolute atomic E-state index is 0.0310. The molecule has 1 aromatic rings. The Labute approximate surface area is 123 Å². The number of rotatable bonds is 6. The third kappa shape index (κ3) is 4.25. The summed E-state index contributed by atoms with van der Waals surface area (Å²) < 4.78 is 1.55. The second-order valence-corrected chi connectivity index (χ2v) is 5.37. The van der Waals surface area contributed by atoms with Gasteiger partial charge in [-0.25, -0.2) is 9.67 Å². The lowest BCUT2D eigenvalue weighted by Crippen LogP contribution is -2.45. The lowest BCUT2D eigenvalue weighted by Gasteiger charge is -2.34. The summed E-state index contributed by atoms with van der Waals surface area (Å²) in [5.74, 6) is -0.535. The quantitative estimate of drug-likeness (QED) is 0.751. The number of carboxylic acid groups (broad SMARTS) is 1. The van der Waals surface area contributed by atoms with Crippen molar-refractivity contribution in [2.75, 3.05) is 26.2 Å². The van der Waals surface area contributed by atoms with Crippen molar-refractivity contribution in [3.8, 4) is 0 Å². The van der Waals surface area contributed by atoms with Gasteiger partial charge in [0.15, 0.2) is 0 Å². The zero-order valence-electron chi connectivity index (χ0n) is 12.1. The summed E-state index contributed by atoms with van der Waals surface area (Å²) in [6.45, 7) is 3.79. The standard InChI is InChI=1S/C13H21N5O3/c1-10(18-9-15-8-16-18)13(21)17-4-2-3-11(7-17)5-14-6-12(19)20/h8-11,14H,2-7H2,1H3,(H,19,20). The molecule has 2 unspecified atom stereocenters. The van der Waals surface area contributed by atoms with E-state index in [4.69, 9.17) is 5.11 Å². The Morgan fingerprint density at radius 3 is 3.00 bits per heavy atom. The maximum absolute atomic E-state index is 12.4. The Balaban J connectivity index is 1.85. The van der Waals surface area contributed by atoms with Crippen LogP contribution in [0, 0.1) is 5.92 Å². The first-order chi connectivity index (χ1) is 10.1. The number of piperidine rings is 1. The van der Waals surface area contributed by atoms with Crippen molar-refractivity contribution >= 4 is 11.9 Å². The summed E-state index contributed by atoms with van der Waals surface area (Å²) in [5, 5.41) is 15.5. The van der Waals surface area contributed by atoms with Crippen molar-refractivity contribution in [1.82, 2.24) is 25.0 Å². The first-order valence-corrected chi connectivity index (χ1v) is 7.13. The molecule has 1 aliphatic heterocycles. The second kappa shape index (κ2) is 7.16. The molecule has 2 heterocycles. The van der Waals surface area contributed by atoms with Gasteiger partial charge in [-0.05, 0) is 25.7 Å². The molecule has 1 aromatic heterocycles. The molecule has 1 amide bonds. The van der Waals surface area contributed by atoms with E-state index in [0.717, 1.165) is 19.4 Å². The summed E-state index contributed by atoms with van der Waals surface area (Å²) >= 11 is 0. The highest BCUT2D eigenvalue weighted by atomic mass is 16.4. The number of aromatic nitrogens is 3. The monoisotopic (exact) mass is 295 g/mol. The van der Waals surface area contributed by atoms with Crippen LogP contribution in [-0.4, -0.2) is 62.8 Å². The predicted molar refractivity (Wildman–Crippen MR) is 74.5 cm³/mol. The van der Waals surface area contributed by atoms with Crippen LogP contribution in [0.1, 0.15) is 25.8 Å². The van der Waals surface area contributed by atoms with Crippen LogP contribution in [0.4, 0.5) is 0 Å². The third-order valence-electron chi connectivity index (χ3n) is 3.73. The normalized spacial score (nSPS) is 20.2. The molecule has 2 atom stereocenters. The molecule has 0 saturated carbocycles. The van der Waals surface area contributed by atoms with Gasteiger partial charge in [0.05, 0.1) is 6.54 Å². The van der Waals surface area contributed by atoms with Crippen molar-refractivity contribution in [1.29, 1.82) is 0 Å². The fraction of sp³-hybridized carbons (Fsp3) is 0.692. The average Bonchev–Trinajstić information content (AvgIpc) is 3.00. The first-order valence-electron chi connectivity index (χ1n) is 7.13. The molecule has 0 aromatic carbocycles. The number of aliphatic carboxylic acids is 1. The van der Waals surface area contributed by atoms with Crippen molar-refractivity contribution < 1.29 is 14.7 Å². The molecule has 116 valence electrons. The lowest BCUT2D eigenvalue weighted by molar-refractivity contribution is -0.137.